The Labute approximate surface area is 124 Å². The zero-order valence-corrected chi connectivity index (χ0v) is 13.1. The number of carbonyl (C=O) groups is 1. The molecule has 1 atom stereocenters. The highest BCUT2D eigenvalue weighted by atomic mass is 32.1. The second kappa shape index (κ2) is 5.72. The molecule has 2 saturated carbocycles. The van der Waals surface area contributed by atoms with Crippen molar-refractivity contribution in [2.75, 3.05) is 13.6 Å². The maximum absolute atomic E-state index is 12.3. The van der Waals surface area contributed by atoms with Gasteiger partial charge < -0.3 is 10.2 Å². The van der Waals surface area contributed by atoms with Gasteiger partial charge in [0.2, 0.25) is 0 Å². The van der Waals surface area contributed by atoms with Gasteiger partial charge in [0, 0.05) is 24.7 Å². The number of aryl methyl sites for hydroxylation is 1. The molecule has 0 aromatic carbocycles. The average Bonchev–Trinajstić information content (AvgIpc) is 3.12. The topological polar surface area (TPSA) is 45.2 Å². The zero-order valence-electron chi connectivity index (χ0n) is 12.3. The molecule has 0 bridgehead atoms. The van der Waals surface area contributed by atoms with Crippen LogP contribution < -0.4 is 5.32 Å². The van der Waals surface area contributed by atoms with Gasteiger partial charge in [0.1, 0.15) is 5.01 Å². The van der Waals surface area contributed by atoms with E-state index in [1.165, 1.54) is 32.1 Å². The fraction of sp³-hybridized carbons (Fsp3) is 0.733. The van der Waals surface area contributed by atoms with Gasteiger partial charge in [-0.3, -0.25) is 0 Å². The van der Waals surface area contributed by atoms with E-state index in [1.807, 2.05) is 18.9 Å². The summed E-state index contributed by atoms with van der Waals surface area (Å²) >= 11 is 1.66. The maximum Gasteiger partial charge on any atom is 0.317 e. The summed E-state index contributed by atoms with van der Waals surface area (Å²) in [5, 5.41) is 6.33. The van der Waals surface area contributed by atoms with E-state index in [9.17, 15) is 4.79 Å². The van der Waals surface area contributed by atoms with Crippen LogP contribution in [-0.2, 0) is 0 Å². The molecule has 20 heavy (non-hydrogen) atoms. The van der Waals surface area contributed by atoms with Crippen molar-refractivity contribution in [3.63, 3.8) is 0 Å². The molecule has 3 rings (SSSR count). The van der Waals surface area contributed by atoms with E-state index in [2.05, 4.69) is 15.7 Å². The lowest BCUT2D eigenvalue weighted by molar-refractivity contribution is 0.178. The minimum atomic E-state index is 0.0571. The zero-order chi connectivity index (χ0) is 14.1. The second-order valence-electron chi connectivity index (χ2n) is 6.27. The summed E-state index contributed by atoms with van der Waals surface area (Å²) in [6, 6.07) is 0.173. The molecule has 2 aliphatic carbocycles. The Hall–Kier alpha value is -1.10. The summed E-state index contributed by atoms with van der Waals surface area (Å²) in [6.07, 6.45) is 6.28. The van der Waals surface area contributed by atoms with Crippen molar-refractivity contribution in [3.8, 4) is 0 Å². The van der Waals surface area contributed by atoms with Crippen molar-refractivity contribution in [1.29, 1.82) is 0 Å². The largest absolute Gasteiger partial charge is 0.328 e. The second-order valence-corrected chi connectivity index (χ2v) is 7.16. The third-order valence-corrected chi connectivity index (χ3v) is 5.42. The third-order valence-electron chi connectivity index (χ3n) is 4.38. The number of rotatable bonds is 5. The molecule has 110 valence electrons. The first-order chi connectivity index (χ1) is 9.63. The number of nitrogens with zero attached hydrogens (tertiary/aromatic N) is 2. The normalized spacial score (nSPS) is 20.3. The van der Waals surface area contributed by atoms with Crippen molar-refractivity contribution in [1.82, 2.24) is 15.2 Å². The van der Waals surface area contributed by atoms with Crippen LogP contribution in [0.1, 0.15) is 48.8 Å². The number of hydrogen-bond acceptors (Lipinski definition) is 3. The molecule has 1 heterocycles. The molecule has 2 fully saturated rings. The van der Waals surface area contributed by atoms with Gasteiger partial charge in [0.25, 0.3) is 0 Å². The van der Waals surface area contributed by atoms with E-state index in [0.29, 0.717) is 11.8 Å². The Kier molecular flexibility index (Phi) is 3.96. The van der Waals surface area contributed by atoms with Gasteiger partial charge in [-0.2, -0.15) is 0 Å². The van der Waals surface area contributed by atoms with E-state index in [-0.39, 0.29) is 12.1 Å². The highest BCUT2D eigenvalue weighted by Crippen LogP contribution is 2.42. The molecule has 0 radical (unpaired) electrons. The number of aromatic nitrogens is 1. The van der Waals surface area contributed by atoms with Crippen LogP contribution in [-0.4, -0.2) is 29.5 Å². The monoisotopic (exact) mass is 293 g/mol. The van der Waals surface area contributed by atoms with Gasteiger partial charge in [0.15, 0.2) is 0 Å². The van der Waals surface area contributed by atoms with Crippen LogP contribution in [0.25, 0.3) is 0 Å². The van der Waals surface area contributed by atoms with Crippen LogP contribution in [0.15, 0.2) is 5.38 Å². The fourth-order valence-corrected chi connectivity index (χ4v) is 3.65. The lowest BCUT2D eigenvalue weighted by Gasteiger charge is -2.31. The first-order valence-electron chi connectivity index (χ1n) is 7.57. The first kappa shape index (κ1) is 13.9. The molecule has 1 aromatic rings. The summed E-state index contributed by atoms with van der Waals surface area (Å²) in [6.45, 7) is 2.90. The Balaban J connectivity index is 1.59. The molecule has 0 saturated heterocycles. The quantitative estimate of drug-likeness (QED) is 0.905. The first-order valence-corrected chi connectivity index (χ1v) is 8.45. The van der Waals surface area contributed by atoms with Crippen LogP contribution in [0.2, 0.25) is 0 Å². The summed E-state index contributed by atoms with van der Waals surface area (Å²) in [7, 11) is 1.91. The molecule has 0 aliphatic heterocycles. The average molecular weight is 293 g/mol. The predicted octanol–water partition coefficient (Wildman–Crippen LogP) is 3.34. The van der Waals surface area contributed by atoms with E-state index in [1.54, 1.807) is 11.3 Å². The smallest absolute Gasteiger partial charge is 0.317 e. The van der Waals surface area contributed by atoms with E-state index in [4.69, 9.17) is 0 Å². The van der Waals surface area contributed by atoms with E-state index < -0.39 is 0 Å². The van der Waals surface area contributed by atoms with Gasteiger partial charge in [-0.15, -0.1) is 11.3 Å². The lowest BCUT2D eigenvalue weighted by Crippen LogP contribution is -2.43. The van der Waals surface area contributed by atoms with Crippen LogP contribution in [0, 0.1) is 18.8 Å². The van der Waals surface area contributed by atoms with Crippen molar-refractivity contribution >= 4 is 17.4 Å². The highest BCUT2D eigenvalue weighted by Gasteiger charge is 2.36. The number of nitrogens with one attached hydrogen (secondary N) is 1. The number of amides is 2. The molecule has 0 unspecified atom stereocenters. The van der Waals surface area contributed by atoms with Crippen LogP contribution in [0.3, 0.4) is 0 Å². The summed E-state index contributed by atoms with van der Waals surface area (Å²) < 4.78 is 0. The van der Waals surface area contributed by atoms with Gasteiger partial charge in [-0.05, 0) is 44.4 Å². The molecule has 1 N–H and O–H groups in total. The number of hydrogen-bond donors (Lipinski definition) is 1. The van der Waals surface area contributed by atoms with Gasteiger partial charge >= 0.3 is 6.03 Å². The lowest BCUT2D eigenvalue weighted by atomic mass is 9.85. The van der Waals surface area contributed by atoms with Gasteiger partial charge in [-0.25, -0.2) is 9.78 Å². The molecule has 2 aliphatic rings. The molecule has 4 nitrogen and oxygen atoms in total. The molecule has 1 aromatic heterocycles. The molecular formula is C15H23N3OS. The molecule has 5 heteroatoms. The molecular weight excluding hydrogens is 270 g/mol. The highest BCUT2D eigenvalue weighted by molar-refractivity contribution is 7.09. The maximum atomic E-state index is 12.3. The Morgan fingerprint density at radius 2 is 2.25 bits per heavy atom. The van der Waals surface area contributed by atoms with Crippen molar-refractivity contribution in [2.24, 2.45) is 11.8 Å². The Morgan fingerprint density at radius 1 is 1.50 bits per heavy atom. The van der Waals surface area contributed by atoms with Crippen LogP contribution >= 0.6 is 11.3 Å². The minimum Gasteiger partial charge on any atom is -0.328 e. The Bertz CT molecular complexity index is 479. The van der Waals surface area contributed by atoms with E-state index in [0.717, 1.165) is 17.2 Å². The summed E-state index contributed by atoms with van der Waals surface area (Å²) in [4.78, 5) is 18.7. The number of urea groups is 1. The summed E-state index contributed by atoms with van der Waals surface area (Å²) in [5.74, 6) is 1.30. The minimum absolute atomic E-state index is 0.0571. The van der Waals surface area contributed by atoms with Crippen molar-refractivity contribution < 1.29 is 4.79 Å². The van der Waals surface area contributed by atoms with Crippen molar-refractivity contribution in [2.45, 2.75) is 45.1 Å². The van der Waals surface area contributed by atoms with Gasteiger partial charge in [-0.1, -0.05) is 6.42 Å². The van der Waals surface area contributed by atoms with E-state index >= 15 is 0 Å². The predicted molar refractivity (Wildman–Crippen MR) is 80.8 cm³/mol. The summed E-state index contributed by atoms with van der Waals surface area (Å²) in [5.41, 5.74) is 1.05. The third kappa shape index (κ3) is 3.14. The van der Waals surface area contributed by atoms with Gasteiger partial charge in [0.05, 0.1) is 6.04 Å². The fourth-order valence-electron chi connectivity index (χ4n) is 2.71. The SMILES string of the molecule is Cc1csc([C@@H](NC(=O)N(C)CC2CCC2)C2CC2)n1. The van der Waals surface area contributed by atoms with Crippen molar-refractivity contribution in [3.05, 3.63) is 16.1 Å². The standard InChI is InChI=1S/C15H23N3OS/c1-10-9-20-14(16-10)13(12-6-7-12)17-15(19)18(2)8-11-4-3-5-11/h9,11-13H,3-8H2,1-2H3,(H,17,19)/t13-/m0/s1. The molecule has 0 spiro atoms. The van der Waals surface area contributed by atoms with Crippen LogP contribution in [0.4, 0.5) is 4.79 Å². The van der Waals surface area contributed by atoms with Crippen LogP contribution in [0.5, 0.6) is 0 Å². The number of carbonyl (C=O) groups excluding carboxylic acids is 1. The molecule has 2 amide bonds. The number of thiazole rings is 1. The Morgan fingerprint density at radius 3 is 2.75 bits per heavy atom.